The van der Waals surface area contributed by atoms with E-state index in [1.54, 1.807) is 6.20 Å². The number of piperidine rings is 1. The van der Waals surface area contributed by atoms with Gasteiger partial charge in [-0.25, -0.2) is 9.97 Å². The normalized spacial score (nSPS) is 23.9. The van der Waals surface area contributed by atoms with Crippen LogP contribution in [0.2, 0.25) is 0 Å². The fourth-order valence-electron chi connectivity index (χ4n) is 4.52. The van der Waals surface area contributed by atoms with E-state index in [1.165, 1.54) is 24.0 Å². The van der Waals surface area contributed by atoms with Crippen molar-refractivity contribution in [3.8, 4) is 5.88 Å². The quantitative estimate of drug-likeness (QED) is 0.918. The first-order chi connectivity index (χ1) is 12.7. The lowest BCUT2D eigenvalue weighted by Gasteiger charge is -2.42. The van der Waals surface area contributed by atoms with Crippen LogP contribution in [-0.2, 0) is 6.42 Å². The van der Waals surface area contributed by atoms with Crippen LogP contribution in [-0.4, -0.2) is 29.7 Å². The molecule has 1 saturated carbocycles. The van der Waals surface area contributed by atoms with E-state index in [4.69, 9.17) is 10.5 Å². The zero-order valence-electron chi connectivity index (χ0n) is 15.1. The van der Waals surface area contributed by atoms with Gasteiger partial charge in [-0.1, -0.05) is 24.3 Å². The highest BCUT2D eigenvalue weighted by atomic mass is 16.5. The minimum absolute atomic E-state index is 0.158. The molecule has 1 spiro atoms. The lowest BCUT2D eigenvalue weighted by Crippen LogP contribution is -2.44. The highest BCUT2D eigenvalue weighted by molar-refractivity contribution is 5.41. The van der Waals surface area contributed by atoms with Gasteiger partial charge in [0, 0.05) is 19.1 Å². The summed E-state index contributed by atoms with van der Waals surface area (Å²) in [5, 5.41) is 0. The fraction of sp³-hybridized carbons (Fsp3) is 0.524. The molecule has 1 aromatic heterocycles. The Labute approximate surface area is 154 Å². The Hall–Kier alpha value is -2.14. The molecule has 5 rings (SSSR count). The molecule has 136 valence electrons. The van der Waals surface area contributed by atoms with Crippen LogP contribution in [0.5, 0.6) is 5.88 Å². The number of nitrogens with zero attached hydrogens (tertiary/aromatic N) is 3. The zero-order chi connectivity index (χ0) is 17.6. The molecule has 5 heteroatoms. The molecular weight excluding hydrogens is 324 g/mol. The van der Waals surface area contributed by atoms with Gasteiger partial charge in [-0.05, 0) is 54.6 Å². The second kappa shape index (κ2) is 6.23. The summed E-state index contributed by atoms with van der Waals surface area (Å²) in [6.07, 6.45) is 9.50. The lowest BCUT2D eigenvalue weighted by molar-refractivity contribution is 0.187. The third kappa shape index (κ3) is 2.84. The molecule has 3 aliphatic rings. The van der Waals surface area contributed by atoms with Gasteiger partial charge in [0.05, 0.1) is 19.0 Å². The monoisotopic (exact) mass is 350 g/mol. The van der Waals surface area contributed by atoms with E-state index in [0.717, 1.165) is 50.7 Å². The second-order valence-electron chi connectivity index (χ2n) is 8.17. The first-order valence-corrected chi connectivity index (χ1v) is 9.77. The van der Waals surface area contributed by atoms with E-state index in [0.29, 0.717) is 5.88 Å². The summed E-state index contributed by atoms with van der Waals surface area (Å²) in [7, 11) is 0. The van der Waals surface area contributed by atoms with Crippen molar-refractivity contribution >= 4 is 5.82 Å². The Morgan fingerprint density at radius 3 is 2.62 bits per heavy atom. The van der Waals surface area contributed by atoms with Crippen molar-refractivity contribution in [2.24, 2.45) is 17.1 Å². The Morgan fingerprint density at radius 2 is 1.92 bits per heavy atom. The lowest BCUT2D eigenvalue weighted by atomic mass is 9.73. The van der Waals surface area contributed by atoms with Crippen molar-refractivity contribution in [3.05, 3.63) is 47.8 Å². The summed E-state index contributed by atoms with van der Waals surface area (Å²) in [5.74, 6) is 2.32. The summed E-state index contributed by atoms with van der Waals surface area (Å²) in [5.41, 5.74) is 9.65. The minimum Gasteiger partial charge on any atom is -0.476 e. The van der Waals surface area contributed by atoms with Crippen LogP contribution < -0.4 is 15.4 Å². The topological polar surface area (TPSA) is 64.3 Å². The van der Waals surface area contributed by atoms with Crippen LogP contribution in [0.25, 0.3) is 0 Å². The first-order valence-electron chi connectivity index (χ1n) is 9.77. The molecule has 1 saturated heterocycles. The molecule has 2 N–H and O–H groups in total. The number of benzene rings is 1. The van der Waals surface area contributed by atoms with Gasteiger partial charge in [-0.3, -0.25) is 0 Å². The third-order valence-corrected chi connectivity index (χ3v) is 6.45. The van der Waals surface area contributed by atoms with Crippen LogP contribution in [0, 0.1) is 11.3 Å². The number of aromatic nitrogens is 2. The van der Waals surface area contributed by atoms with Crippen molar-refractivity contribution in [3.63, 3.8) is 0 Å². The third-order valence-electron chi connectivity index (χ3n) is 6.45. The van der Waals surface area contributed by atoms with Crippen molar-refractivity contribution < 1.29 is 4.74 Å². The second-order valence-corrected chi connectivity index (χ2v) is 8.17. The molecule has 2 fully saturated rings. The van der Waals surface area contributed by atoms with Crippen LogP contribution >= 0.6 is 0 Å². The summed E-state index contributed by atoms with van der Waals surface area (Å²) in [6, 6.07) is 8.83. The molecule has 0 radical (unpaired) electrons. The van der Waals surface area contributed by atoms with Gasteiger partial charge >= 0.3 is 0 Å². The average Bonchev–Trinajstić information content (AvgIpc) is 3.48. The fourth-order valence-corrected chi connectivity index (χ4v) is 4.52. The molecule has 1 atom stereocenters. The first kappa shape index (κ1) is 16.1. The van der Waals surface area contributed by atoms with Gasteiger partial charge in [0.1, 0.15) is 5.82 Å². The SMILES string of the molecule is N[C@@H]1c2ccccc2CC12CCN(c1cnc(OCC3CC3)cn1)CC2. The summed E-state index contributed by atoms with van der Waals surface area (Å²) < 4.78 is 5.69. The van der Waals surface area contributed by atoms with E-state index < -0.39 is 0 Å². The predicted molar refractivity (Wildman–Crippen MR) is 101 cm³/mol. The Morgan fingerprint density at radius 1 is 1.12 bits per heavy atom. The maximum absolute atomic E-state index is 6.66. The maximum atomic E-state index is 6.66. The van der Waals surface area contributed by atoms with E-state index in [2.05, 4.69) is 39.1 Å². The van der Waals surface area contributed by atoms with Gasteiger partial charge in [-0.15, -0.1) is 0 Å². The maximum Gasteiger partial charge on any atom is 0.232 e. The number of hydrogen-bond acceptors (Lipinski definition) is 5. The number of anilines is 1. The number of ether oxygens (including phenoxy) is 1. The molecule has 2 aromatic rings. The molecule has 0 unspecified atom stereocenters. The van der Waals surface area contributed by atoms with Crippen molar-refractivity contribution in [2.75, 3.05) is 24.6 Å². The molecule has 5 nitrogen and oxygen atoms in total. The Bertz CT molecular complexity index is 779. The summed E-state index contributed by atoms with van der Waals surface area (Å²) in [6.45, 7) is 2.75. The predicted octanol–water partition coefficient (Wildman–Crippen LogP) is 3.11. The average molecular weight is 350 g/mol. The summed E-state index contributed by atoms with van der Waals surface area (Å²) in [4.78, 5) is 11.4. The van der Waals surface area contributed by atoms with Gasteiger partial charge in [0.2, 0.25) is 5.88 Å². The van der Waals surface area contributed by atoms with Crippen LogP contribution in [0.1, 0.15) is 42.9 Å². The van der Waals surface area contributed by atoms with E-state index in [-0.39, 0.29) is 11.5 Å². The highest BCUT2D eigenvalue weighted by Gasteiger charge is 2.45. The van der Waals surface area contributed by atoms with Gasteiger partial charge in [0.25, 0.3) is 0 Å². The van der Waals surface area contributed by atoms with Crippen molar-refractivity contribution in [1.29, 1.82) is 0 Å². The van der Waals surface area contributed by atoms with Crippen LogP contribution in [0.3, 0.4) is 0 Å². The van der Waals surface area contributed by atoms with Crippen molar-refractivity contribution in [1.82, 2.24) is 9.97 Å². The Balaban J connectivity index is 1.23. The molecule has 1 aliphatic heterocycles. The number of rotatable bonds is 4. The molecule has 26 heavy (non-hydrogen) atoms. The standard InChI is InChI=1S/C21H26N4O/c22-20-17-4-2-1-3-16(17)11-21(20)7-9-25(10-8-21)18-12-24-19(13-23-18)26-14-15-5-6-15/h1-4,12-13,15,20H,5-11,14,22H2/t20-/m1/s1. The van der Waals surface area contributed by atoms with Crippen LogP contribution in [0.4, 0.5) is 5.82 Å². The number of nitrogens with two attached hydrogens (primary N) is 1. The summed E-state index contributed by atoms with van der Waals surface area (Å²) >= 11 is 0. The highest BCUT2D eigenvalue weighted by Crippen LogP contribution is 2.50. The number of fused-ring (bicyclic) bond motifs is 1. The minimum atomic E-state index is 0.158. The molecule has 1 aromatic carbocycles. The molecular formula is C21H26N4O. The molecule has 0 bridgehead atoms. The Kier molecular flexibility index (Phi) is 3.85. The van der Waals surface area contributed by atoms with E-state index in [1.807, 2.05) is 6.20 Å². The van der Waals surface area contributed by atoms with Crippen LogP contribution in [0.15, 0.2) is 36.7 Å². The van der Waals surface area contributed by atoms with Gasteiger partial charge in [0.15, 0.2) is 0 Å². The molecule has 2 aliphatic carbocycles. The van der Waals surface area contributed by atoms with Crippen molar-refractivity contribution in [2.45, 2.75) is 38.1 Å². The molecule has 2 heterocycles. The number of hydrogen-bond donors (Lipinski definition) is 1. The zero-order valence-corrected chi connectivity index (χ0v) is 15.1. The largest absolute Gasteiger partial charge is 0.476 e. The van der Waals surface area contributed by atoms with E-state index in [9.17, 15) is 0 Å². The van der Waals surface area contributed by atoms with Gasteiger partial charge in [-0.2, -0.15) is 0 Å². The van der Waals surface area contributed by atoms with E-state index >= 15 is 0 Å². The smallest absolute Gasteiger partial charge is 0.232 e. The molecule has 0 amide bonds. The van der Waals surface area contributed by atoms with Gasteiger partial charge < -0.3 is 15.4 Å².